The van der Waals surface area contributed by atoms with E-state index in [1.807, 2.05) is 0 Å². The van der Waals surface area contributed by atoms with Gasteiger partial charge in [0.05, 0.1) is 11.9 Å². The zero-order valence-corrected chi connectivity index (χ0v) is 10.8. The average molecular weight is 261 g/mol. The first-order valence-corrected chi connectivity index (χ1v) is 6.82. The first-order valence-electron chi connectivity index (χ1n) is 5.78. The van der Waals surface area contributed by atoms with Gasteiger partial charge in [-0.15, -0.1) is 0 Å². The number of aliphatic carboxylic acids is 2. The maximum Gasteiger partial charge on any atom is 0.0582 e. The summed E-state index contributed by atoms with van der Waals surface area (Å²) in [6, 6.07) is -1.25. The lowest BCUT2D eigenvalue weighted by Gasteiger charge is -2.21. The van der Waals surface area contributed by atoms with Crippen molar-refractivity contribution in [2.45, 2.75) is 50.3 Å². The molecule has 0 radical (unpaired) electrons. The number of carboxylic acid groups (broad SMARTS) is 2. The Labute approximate surface area is 106 Å². The zero-order chi connectivity index (χ0) is 13.3. The molecule has 0 aliphatic carbocycles. The lowest BCUT2D eigenvalue weighted by molar-refractivity contribution is -0.308. The number of hydrogen-bond acceptors (Lipinski definition) is 6. The summed E-state index contributed by atoms with van der Waals surface area (Å²) in [6.07, 6.45) is 4.06. The van der Waals surface area contributed by atoms with Crippen LogP contribution in [0.25, 0.3) is 0 Å². The van der Waals surface area contributed by atoms with Crippen LogP contribution in [0.1, 0.15) is 39.0 Å². The fourth-order valence-corrected chi connectivity index (χ4v) is 2.45. The average Bonchev–Trinajstić information content (AvgIpc) is 2.26. The molecule has 5 nitrogen and oxygen atoms in total. The Morgan fingerprint density at radius 2 is 1.82 bits per heavy atom. The van der Waals surface area contributed by atoms with Gasteiger partial charge in [0.15, 0.2) is 0 Å². The summed E-state index contributed by atoms with van der Waals surface area (Å²) in [5.41, 5.74) is 5.24. The molecule has 0 amide bonds. The topological polar surface area (TPSA) is 106 Å². The van der Waals surface area contributed by atoms with Gasteiger partial charge in [-0.3, -0.25) is 0 Å². The molecule has 2 N–H and O–H groups in total. The van der Waals surface area contributed by atoms with Crippen LogP contribution in [0, 0.1) is 0 Å². The Kier molecular flexibility index (Phi) is 8.89. The monoisotopic (exact) mass is 261 g/mol. The summed E-state index contributed by atoms with van der Waals surface area (Å²) < 4.78 is 0. The molecule has 0 rings (SSSR count). The van der Waals surface area contributed by atoms with Crippen LogP contribution in [0.2, 0.25) is 0 Å². The van der Waals surface area contributed by atoms with Crippen LogP contribution in [-0.2, 0) is 9.59 Å². The van der Waals surface area contributed by atoms with Gasteiger partial charge in [-0.25, -0.2) is 0 Å². The van der Waals surface area contributed by atoms with Gasteiger partial charge in [-0.2, -0.15) is 11.8 Å². The van der Waals surface area contributed by atoms with E-state index in [0.29, 0.717) is 5.75 Å². The van der Waals surface area contributed by atoms with Gasteiger partial charge >= 0.3 is 0 Å². The Hall–Kier alpha value is -0.750. The molecule has 0 saturated heterocycles. The molecule has 100 valence electrons. The quantitative estimate of drug-likeness (QED) is 0.500. The second kappa shape index (κ2) is 9.30. The number of thioether (sulfide) groups is 1. The van der Waals surface area contributed by atoms with Crippen molar-refractivity contribution in [1.29, 1.82) is 0 Å². The molecule has 6 heteroatoms. The van der Waals surface area contributed by atoms with Crippen LogP contribution in [0.15, 0.2) is 0 Å². The van der Waals surface area contributed by atoms with Gasteiger partial charge in [0.2, 0.25) is 0 Å². The molecule has 0 saturated carbocycles. The van der Waals surface area contributed by atoms with Crippen LogP contribution < -0.4 is 15.9 Å². The van der Waals surface area contributed by atoms with Crippen LogP contribution in [0.4, 0.5) is 0 Å². The van der Waals surface area contributed by atoms with Crippen LogP contribution in [-0.4, -0.2) is 29.0 Å². The van der Waals surface area contributed by atoms with Crippen molar-refractivity contribution in [3.05, 3.63) is 0 Å². The lowest BCUT2D eigenvalue weighted by Crippen LogP contribution is -2.46. The van der Waals surface area contributed by atoms with Crippen molar-refractivity contribution in [3.8, 4) is 0 Å². The standard InChI is InChI=1S/C11H21NO4S/c1-2-3-4-5-6-17-9(11(15)16)7-8(12)10(13)14/h8-9H,2-7,12H2,1H3,(H,13,14)(H,15,16)/p-2/t8-,9?/m0/s1. The Morgan fingerprint density at radius 3 is 2.29 bits per heavy atom. The third-order valence-electron chi connectivity index (χ3n) is 2.35. The van der Waals surface area contributed by atoms with Crippen molar-refractivity contribution < 1.29 is 19.8 Å². The highest BCUT2D eigenvalue weighted by Gasteiger charge is 2.15. The third-order valence-corrected chi connectivity index (χ3v) is 3.66. The molecule has 0 aliphatic heterocycles. The lowest BCUT2D eigenvalue weighted by atomic mass is 10.2. The van der Waals surface area contributed by atoms with E-state index in [0.717, 1.165) is 25.7 Å². The molecule has 0 aromatic rings. The van der Waals surface area contributed by atoms with Crippen LogP contribution in [0.3, 0.4) is 0 Å². The second-order valence-corrected chi connectivity index (χ2v) is 5.21. The number of hydrogen-bond donors (Lipinski definition) is 1. The number of carbonyl (C=O) groups excluding carboxylic acids is 2. The first-order chi connectivity index (χ1) is 7.99. The predicted octanol–water partition coefficient (Wildman–Crippen LogP) is -1.11. The fraction of sp³-hybridized carbons (Fsp3) is 0.818. The summed E-state index contributed by atoms with van der Waals surface area (Å²) in [5, 5.41) is 20.3. The predicted molar refractivity (Wildman–Crippen MR) is 63.0 cm³/mol. The van der Waals surface area contributed by atoms with Crippen LogP contribution in [0.5, 0.6) is 0 Å². The normalized spacial score (nSPS) is 14.2. The van der Waals surface area contributed by atoms with Gasteiger partial charge < -0.3 is 25.5 Å². The molecule has 0 aliphatic rings. The van der Waals surface area contributed by atoms with E-state index in [4.69, 9.17) is 5.73 Å². The summed E-state index contributed by atoms with van der Waals surface area (Å²) >= 11 is 1.19. The number of carboxylic acids is 2. The molecule has 0 aromatic heterocycles. The van der Waals surface area contributed by atoms with Crippen molar-refractivity contribution in [3.63, 3.8) is 0 Å². The van der Waals surface area contributed by atoms with Gasteiger partial charge in [0.25, 0.3) is 0 Å². The number of carbonyl (C=O) groups is 2. The van der Waals surface area contributed by atoms with Crippen molar-refractivity contribution >= 4 is 23.7 Å². The van der Waals surface area contributed by atoms with Gasteiger partial charge in [-0.1, -0.05) is 26.2 Å². The molecular formula is C11H19NO4S-2. The summed E-state index contributed by atoms with van der Waals surface area (Å²) in [5.74, 6) is -2.01. The minimum atomic E-state index is -1.43. The number of rotatable bonds is 10. The summed E-state index contributed by atoms with van der Waals surface area (Å²) in [6.45, 7) is 2.09. The highest BCUT2D eigenvalue weighted by Crippen LogP contribution is 2.18. The Balaban J connectivity index is 3.91. The van der Waals surface area contributed by atoms with E-state index in [1.165, 1.54) is 11.8 Å². The fourth-order valence-electron chi connectivity index (χ4n) is 1.31. The molecule has 0 bridgehead atoms. The SMILES string of the molecule is CCCCCCSC(C[C@H](N)C(=O)[O-])C(=O)[O-]. The minimum Gasteiger partial charge on any atom is -0.549 e. The smallest absolute Gasteiger partial charge is 0.0582 e. The first kappa shape index (κ1) is 16.2. The highest BCUT2D eigenvalue weighted by atomic mass is 32.2. The largest absolute Gasteiger partial charge is 0.549 e. The molecule has 1 unspecified atom stereocenters. The Morgan fingerprint density at radius 1 is 1.18 bits per heavy atom. The van der Waals surface area contributed by atoms with E-state index in [1.54, 1.807) is 0 Å². The number of unbranched alkanes of at least 4 members (excludes halogenated alkanes) is 3. The molecule has 0 aromatic carbocycles. The van der Waals surface area contributed by atoms with E-state index >= 15 is 0 Å². The molecule has 2 atom stereocenters. The summed E-state index contributed by atoms with van der Waals surface area (Å²) in [4.78, 5) is 21.2. The maximum absolute atomic E-state index is 10.8. The number of nitrogens with two attached hydrogens (primary N) is 1. The van der Waals surface area contributed by atoms with Gasteiger partial charge in [0, 0.05) is 11.3 Å². The zero-order valence-electron chi connectivity index (χ0n) is 10.0. The maximum atomic E-state index is 10.8. The molecule has 0 fully saturated rings. The van der Waals surface area contributed by atoms with Crippen molar-refractivity contribution in [1.82, 2.24) is 0 Å². The van der Waals surface area contributed by atoms with Gasteiger partial charge in [-0.05, 0) is 18.6 Å². The van der Waals surface area contributed by atoms with Crippen LogP contribution >= 0.6 is 11.8 Å². The van der Waals surface area contributed by atoms with Crippen molar-refractivity contribution in [2.24, 2.45) is 5.73 Å². The van der Waals surface area contributed by atoms with E-state index in [2.05, 4.69) is 6.92 Å². The van der Waals surface area contributed by atoms with Gasteiger partial charge in [0.1, 0.15) is 0 Å². The second-order valence-electron chi connectivity index (χ2n) is 3.90. The molecule has 0 heterocycles. The molecular weight excluding hydrogens is 242 g/mol. The summed E-state index contributed by atoms with van der Waals surface area (Å²) in [7, 11) is 0. The van der Waals surface area contributed by atoms with E-state index in [-0.39, 0.29) is 6.42 Å². The van der Waals surface area contributed by atoms with Crippen molar-refractivity contribution in [2.75, 3.05) is 5.75 Å². The van der Waals surface area contributed by atoms with E-state index < -0.39 is 23.2 Å². The Bertz CT molecular complexity index is 248. The van der Waals surface area contributed by atoms with E-state index in [9.17, 15) is 19.8 Å². The minimum absolute atomic E-state index is 0.150. The third kappa shape index (κ3) is 8.04. The molecule has 0 spiro atoms. The molecule has 17 heavy (non-hydrogen) atoms. The highest BCUT2D eigenvalue weighted by molar-refractivity contribution is 8.00.